The Kier molecular flexibility index (Phi) is 6.46. The maximum atomic E-state index is 12.4. The summed E-state index contributed by atoms with van der Waals surface area (Å²) in [5.41, 5.74) is 1.38. The zero-order chi connectivity index (χ0) is 21.7. The smallest absolute Gasteiger partial charge is 0.338 e. The van der Waals surface area contributed by atoms with E-state index < -0.39 is 23.7 Å². The second-order valence-corrected chi connectivity index (χ2v) is 6.47. The van der Waals surface area contributed by atoms with E-state index in [1.54, 1.807) is 44.2 Å². The summed E-state index contributed by atoms with van der Waals surface area (Å²) < 4.78 is 10.5. The fourth-order valence-corrected chi connectivity index (χ4v) is 3.11. The standard InChI is InChI=1S/C22H22N2O6/c1-3-29-18-13-14(22(28)30-4-2)9-10-17(18)23-19(25)11-12-24-20(26)15-7-5-6-8-16(15)21(24)27/h5-10,13H,3-4,11-12H2,1-2H3,(H,23,25). The van der Waals surface area contributed by atoms with Crippen LogP contribution in [0.5, 0.6) is 5.75 Å². The number of carbonyl (C=O) groups is 4. The molecule has 3 amide bonds. The van der Waals surface area contributed by atoms with Gasteiger partial charge in [-0.3, -0.25) is 19.3 Å². The van der Waals surface area contributed by atoms with Crippen LogP contribution in [0.15, 0.2) is 42.5 Å². The van der Waals surface area contributed by atoms with Gasteiger partial charge in [0.1, 0.15) is 5.75 Å². The van der Waals surface area contributed by atoms with Crippen LogP contribution in [-0.2, 0) is 9.53 Å². The van der Waals surface area contributed by atoms with E-state index in [1.165, 1.54) is 12.1 Å². The van der Waals surface area contributed by atoms with Crippen LogP contribution < -0.4 is 10.1 Å². The summed E-state index contributed by atoms with van der Waals surface area (Å²) in [7, 11) is 0. The molecule has 0 fully saturated rings. The topological polar surface area (TPSA) is 102 Å². The number of fused-ring (bicyclic) bond motifs is 1. The molecule has 156 valence electrons. The van der Waals surface area contributed by atoms with E-state index in [1.807, 2.05) is 0 Å². The number of ether oxygens (including phenoxy) is 2. The third-order valence-electron chi connectivity index (χ3n) is 4.51. The molecule has 0 saturated carbocycles. The quantitative estimate of drug-likeness (QED) is 0.530. The molecular weight excluding hydrogens is 388 g/mol. The van der Waals surface area contributed by atoms with E-state index in [9.17, 15) is 19.2 Å². The molecule has 30 heavy (non-hydrogen) atoms. The lowest BCUT2D eigenvalue weighted by Crippen LogP contribution is -2.32. The minimum atomic E-state index is -0.484. The maximum absolute atomic E-state index is 12.4. The van der Waals surface area contributed by atoms with Crippen LogP contribution >= 0.6 is 0 Å². The zero-order valence-electron chi connectivity index (χ0n) is 16.8. The molecular formula is C22H22N2O6. The molecule has 1 heterocycles. The number of anilines is 1. The second kappa shape index (κ2) is 9.21. The number of nitrogens with one attached hydrogen (secondary N) is 1. The Morgan fingerprint density at radius 2 is 1.63 bits per heavy atom. The molecule has 1 aliphatic heterocycles. The molecule has 0 saturated heterocycles. The first kappa shape index (κ1) is 21.0. The Morgan fingerprint density at radius 1 is 0.967 bits per heavy atom. The Morgan fingerprint density at radius 3 is 2.23 bits per heavy atom. The van der Waals surface area contributed by atoms with Crippen molar-refractivity contribution in [2.24, 2.45) is 0 Å². The van der Waals surface area contributed by atoms with Crippen molar-refractivity contribution in [3.8, 4) is 5.75 Å². The van der Waals surface area contributed by atoms with Crippen molar-refractivity contribution in [1.29, 1.82) is 0 Å². The number of hydrogen-bond acceptors (Lipinski definition) is 6. The zero-order valence-corrected chi connectivity index (χ0v) is 16.8. The summed E-state index contributed by atoms with van der Waals surface area (Å²) in [6.07, 6.45) is -0.0728. The number of benzene rings is 2. The van der Waals surface area contributed by atoms with Gasteiger partial charge in [-0.25, -0.2) is 4.79 Å². The molecule has 8 heteroatoms. The van der Waals surface area contributed by atoms with Crippen molar-refractivity contribution in [3.63, 3.8) is 0 Å². The predicted octanol–water partition coefficient (Wildman–Crippen LogP) is 2.89. The van der Waals surface area contributed by atoms with Crippen LogP contribution in [0, 0.1) is 0 Å². The van der Waals surface area contributed by atoms with Gasteiger partial charge in [0.2, 0.25) is 5.91 Å². The normalized spacial score (nSPS) is 12.5. The molecule has 8 nitrogen and oxygen atoms in total. The molecule has 0 bridgehead atoms. The van der Waals surface area contributed by atoms with Gasteiger partial charge in [0.15, 0.2) is 0 Å². The van der Waals surface area contributed by atoms with Crippen molar-refractivity contribution in [2.45, 2.75) is 20.3 Å². The fourth-order valence-electron chi connectivity index (χ4n) is 3.11. The first-order valence-electron chi connectivity index (χ1n) is 9.65. The lowest BCUT2D eigenvalue weighted by atomic mass is 10.1. The number of esters is 1. The summed E-state index contributed by atoms with van der Waals surface area (Å²) in [5.74, 6) is -1.36. The van der Waals surface area contributed by atoms with Crippen molar-refractivity contribution in [1.82, 2.24) is 4.90 Å². The van der Waals surface area contributed by atoms with E-state index in [-0.39, 0.29) is 19.6 Å². The van der Waals surface area contributed by atoms with Crippen LogP contribution in [-0.4, -0.2) is 48.3 Å². The molecule has 0 atom stereocenters. The van der Waals surface area contributed by atoms with E-state index >= 15 is 0 Å². The first-order chi connectivity index (χ1) is 14.5. The van der Waals surface area contributed by atoms with Gasteiger partial charge in [0, 0.05) is 13.0 Å². The average Bonchev–Trinajstić information content (AvgIpc) is 2.98. The molecule has 1 N–H and O–H groups in total. The molecule has 2 aromatic carbocycles. The van der Waals surface area contributed by atoms with Crippen molar-refractivity contribution in [2.75, 3.05) is 25.1 Å². The molecule has 0 radical (unpaired) electrons. The highest BCUT2D eigenvalue weighted by atomic mass is 16.5. The van der Waals surface area contributed by atoms with E-state index in [2.05, 4.69) is 5.32 Å². The van der Waals surface area contributed by atoms with Gasteiger partial charge in [-0.15, -0.1) is 0 Å². The summed E-state index contributed by atoms with van der Waals surface area (Å²) in [5, 5.41) is 2.70. The van der Waals surface area contributed by atoms with Gasteiger partial charge >= 0.3 is 5.97 Å². The predicted molar refractivity (Wildman–Crippen MR) is 109 cm³/mol. The van der Waals surface area contributed by atoms with E-state index in [4.69, 9.17) is 9.47 Å². The SMILES string of the molecule is CCOC(=O)c1ccc(NC(=O)CCN2C(=O)c3ccccc3C2=O)c(OCC)c1. The number of imide groups is 1. The van der Waals surface area contributed by atoms with Gasteiger partial charge in [-0.05, 0) is 44.2 Å². The van der Waals surface area contributed by atoms with Crippen LogP contribution in [0.1, 0.15) is 51.3 Å². The van der Waals surface area contributed by atoms with Crippen LogP contribution in [0.2, 0.25) is 0 Å². The van der Waals surface area contributed by atoms with Gasteiger partial charge in [-0.1, -0.05) is 12.1 Å². The van der Waals surface area contributed by atoms with Gasteiger partial charge in [0.05, 0.1) is 35.6 Å². The fraction of sp³-hybridized carbons (Fsp3) is 0.273. The molecule has 3 rings (SSSR count). The molecule has 1 aliphatic rings. The third kappa shape index (κ3) is 4.32. The molecule has 0 aliphatic carbocycles. The van der Waals surface area contributed by atoms with E-state index in [0.29, 0.717) is 34.7 Å². The molecule has 0 spiro atoms. The number of hydrogen-bond donors (Lipinski definition) is 1. The van der Waals surface area contributed by atoms with Gasteiger partial charge < -0.3 is 14.8 Å². The lowest BCUT2D eigenvalue weighted by Gasteiger charge is -2.15. The minimum Gasteiger partial charge on any atom is -0.492 e. The number of amides is 3. The molecule has 0 unspecified atom stereocenters. The number of carbonyl (C=O) groups excluding carboxylic acids is 4. The molecule has 0 aromatic heterocycles. The average molecular weight is 410 g/mol. The summed E-state index contributed by atoms with van der Waals surface area (Å²) in [6, 6.07) is 11.1. The summed E-state index contributed by atoms with van der Waals surface area (Å²) >= 11 is 0. The van der Waals surface area contributed by atoms with Crippen molar-refractivity contribution >= 4 is 29.4 Å². The number of nitrogens with zero attached hydrogens (tertiary/aromatic N) is 1. The Labute approximate surface area is 173 Å². The van der Waals surface area contributed by atoms with Crippen LogP contribution in [0.3, 0.4) is 0 Å². The van der Waals surface area contributed by atoms with Crippen LogP contribution in [0.25, 0.3) is 0 Å². The second-order valence-electron chi connectivity index (χ2n) is 6.47. The van der Waals surface area contributed by atoms with Crippen molar-refractivity contribution < 1.29 is 28.7 Å². The first-order valence-corrected chi connectivity index (χ1v) is 9.65. The van der Waals surface area contributed by atoms with Crippen LogP contribution in [0.4, 0.5) is 5.69 Å². The Hall–Kier alpha value is -3.68. The largest absolute Gasteiger partial charge is 0.492 e. The highest BCUT2D eigenvalue weighted by molar-refractivity contribution is 6.21. The Bertz CT molecular complexity index is 966. The van der Waals surface area contributed by atoms with Gasteiger partial charge in [-0.2, -0.15) is 0 Å². The minimum absolute atomic E-state index is 0.0386. The van der Waals surface area contributed by atoms with Gasteiger partial charge in [0.25, 0.3) is 11.8 Å². The highest BCUT2D eigenvalue weighted by Gasteiger charge is 2.35. The highest BCUT2D eigenvalue weighted by Crippen LogP contribution is 2.27. The summed E-state index contributed by atoms with van der Waals surface area (Å²) in [6.45, 7) is 4.04. The Balaban J connectivity index is 1.66. The third-order valence-corrected chi connectivity index (χ3v) is 4.51. The lowest BCUT2D eigenvalue weighted by molar-refractivity contribution is -0.116. The summed E-state index contributed by atoms with van der Waals surface area (Å²) in [4.78, 5) is 50.2. The monoisotopic (exact) mass is 410 g/mol. The number of rotatable bonds is 8. The molecule has 2 aromatic rings. The van der Waals surface area contributed by atoms with Crippen molar-refractivity contribution in [3.05, 3.63) is 59.2 Å². The van der Waals surface area contributed by atoms with E-state index in [0.717, 1.165) is 4.90 Å². The maximum Gasteiger partial charge on any atom is 0.338 e.